The Labute approximate surface area is 255 Å². The molecule has 12 nitrogen and oxygen atoms in total. The SMILES string of the molecule is COc1ccnc(CN[C@H]2CC(=O)C(=O)[C@H](Cc3ccccc3)[C@H](OC(=O)C(C)C)[C@H](C)C(=O)C2=O)c1OC(=O)OC(C)C. The van der Waals surface area contributed by atoms with Crippen molar-refractivity contribution in [3.05, 3.63) is 53.9 Å². The van der Waals surface area contributed by atoms with Crippen LogP contribution in [0.2, 0.25) is 0 Å². The molecule has 0 unspecified atom stereocenters. The minimum Gasteiger partial charge on any atom is -0.493 e. The van der Waals surface area contributed by atoms with E-state index in [4.69, 9.17) is 18.9 Å². The zero-order valence-electron chi connectivity index (χ0n) is 25.7. The number of aromatic nitrogens is 1. The van der Waals surface area contributed by atoms with E-state index in [1.54, 1.807) is 58.0 Å². The molecule has 1 saturated carbocycles. The highest BCUT2D eigenvalue weighted by molar-refractivity contribution is 6.44. The summed E-state index contributed by atoms with van der Waals surface area (Å²) in [4.78, 5) is 83.2. The van der Waals surface area contributed by atoms with Gasteiger partial charge in [0.05, 0.1) is 37.0 Å². The van der Waals surface area contributed by atoms with E-state index < -0.39 is 77.7 Å². The topological polar surface area (TPSA) is 164 Å². The predicted octanol–water partition coefficient (Wildman–Crippen LogP) is 3.22. The molecule has 44 heavy (non-hydrogen) atoms. The third-order valence-corrected chi connectivity index (χ3v) is 7.08. The van der Waals surface area contributed by atoms with E-state index in [0.717, 1.165) is 0 Å². The predicted molar refractivity (Wildman–Crippen MR) is 156 cm³/mol. The number of hydrogen-bond acceptors (Lipinski definition) is 12. The van der Waals surface area contributed by atoms with Crippen LogP contribution in [-0.4, -0.2) is 65.6 Å². The van der Waals surface area contributed by atoms with Gasteiger partial charge in [-0.15, -0.1) is 0 Å². The minimum atomic E-state index is -1.42. The largest absolute Gasteiger partial charge is 0.514 e. The Hall–Kier alpha value is -4.45. The molecule has 1 fully saturated rings. The molecule has 0 radical (unpaired) electrons. The number of hydrogen-bond donors (Lipinski definition) is 1. The van der Waals surface area contributed by atoms with Gasteiger partial charge in [-0.05, 0) is 25.8 Å². The molecule has 0 spiro atoms. The Bertz CT molecular complexity index is 1390. The summed E-state index contributed by atoms with van der Waals surface area (Å²) in [7, 11) is 1.35. The highest BCUT2D eigenvalue weighted by atomic mass is 16.7. The lowest BCUT2D eigenvalue weighted by molar-refractivity contribution is -0.163. The fraction of sp³-hybridized carbons (Fsp3) is 0.469. The molecule has 236 valence electrons. The Balaban J connectivity index is 1.95. The molecule has 0 bridgehead atoms. The van der Waals surface area contributed by atoms with Crippen LogP contribution in [0.1, 0.15) is 52.3 Å². The summed E-state index contributed by atoms with van der Waals surface area (Å²) >= 11 is 0. The summed E-state index contributed by atoms with van der Waals surface area (Å²) < 4.78 is 21.3. The molecule has 4 atom stereocenters. The number of pyridine rings is 1. The van der Waals surface area contributed by atoms with E-state index in [9.17, 15) is 28.8 Å². The Morgan fingerprint density at radius 2 is 1.66 bits per heavy atom. The van der Waals surface area contributed by atoms with Crippen molar-refractivity contribution in [2.45, 2.75) is 72.3 Å². The van der Waals surface area contributed by atoms with Crippen LogP contribution in [0.3, 0.4) is 0 Å². The maximum absolute atomic E-state index is 13.7. The molecule has 0 saturated heterocycles. The van der Waals surface area contributed by atoms with Gasteiger partial charge in [0.1, 0.15) is 11.8 Å². The van der Waals surface area contributed by atoms with E-state index in [1.165, 1.54) is 26.3 Å². The molecular weight excluding hydrogens is 572 g/mol. The van der Waals surface area contributed by atoms with Gasteiger partial charge in [0.25, 0.3) is 0 Å². The first-order chi connectivity index (χ1) is 20.8. The number of carbonyl (C=O) groups is 6. The Kier molecular flexibility index (Phi) is 11.9. The summed E-state index contributed by atoms with van der Waals surface area (Å²) in [6.07, 6.45) is -2.04. The Morgan fingerprint density at radius 1 is 0.977 bits per heavy atom. The number of esters is 1. The van der Waals surface area contributed by atoms with Gasteiger partial charge >= 0.3 is 12.1 Å². The van der Waals surface area contributed by atoms with Gasteiger partial charge < -0.3 is 24.3 Å². The summed E-state index contributed by atoms with van der Waals surface area (Å²) in [5.74, 6) is -7.22. The van der Waals surface area contributed by atoms with Crippen molar-refractivity contribution in [3.63, 3.8) is 0 Å². The first-order valence-corrected chi connectivity index (χ1v) is 14.4. The number of nitrogens with one attached hydrogen (secondary N) is 1. The summed E-state index contributed by atoms with van der Waals surface area (Å²) in [5.41, 5.74) is 0.805. The number of nitrogens with zero attached hydrogens (tertiary/aromatic N) is 1. The van der Waals surface area contributed by atoms with Crippen molar-refractivity contribution in [2.75, 3.05) is 7.11 Å². The van der Waals surface area contributed by atoms with E-state index in [-0.39, 0.29) is 30.2 Å². The number of carbonyl (C=O) groups excluding carboxylic acids is 6. The van der Waals surface area contributed by atoms with E-state index in [0.29, 0.717) is 5.56 Å². The number of ether oxygens (including phenoxy) is 4. The second kappa shape index (κ2) is 15.3. The van der Waals surface area contributed by atoms with Crippen molar-refractivity contribution in [1.29, 1.82) is 0 Å². The first-order valence-electron chi connectivity index (χ1n) is 14.4. The van der Waals surface area contributed by atoms with Crippen LogP contribution in [0.15, 0.2) is 42.6 Å². The molecule has 1 N–H and O–H groups in total. The molecule has 1 aromatic carbocycles. The van der Waals surface area contributed by atoms with E-state index in [2.05, 4.69) is 10.3 Å². The molecule has 12 heteroatoms. The summed E-state index contributed by atoms with van der Waals surface area (Å²) in [6, 6.07) is 8.86. The van der Waals surface area contributed by atoms with Gasteiger partial charge in [-0.3, -0.25) is 29.0 Å². The fourth-order valence-electron chi connectivity index (χ4n) is 4.71. The Morgan fingerprint density at radius 3 is 2.27 bits per heavy atom. The number of rotatable bonds is 10. The average Bonchev–Trinajstić information content (AvgIpc) is 3.00. The second-order valence-corrected chi connectivity index (χ2v) is 11.1. The monoisotopic (exact) mass is 610 g/mol. The molecular formula is C32H38N2O10. The standard InChI is InChI=1S/C32H38N2O10/c1-17(2)31(39)43-29-19(5)26(36)28(38)22(15-24(35)27(37)21(29)14-20-10-8-7-9-11-20)34-16-23-30(25(41-6)12-13-33-23)44-32(40)42-18(3)4/h7-13,17-19,21-22,29,34H,14-16H2,1-6H3/t19-,21+,22+,29-/m1/s1. The zero-order valence-corrected chi connectivity index (χ0v) is 25.7. The molecule has 1 aliphatic carbocycles. The molecule has 1 aliphatic rings. The molecule has 0 amide bonds. The van der Waals surface area contributed by atoms with Crippen molar-refractivity contribution in [3.8, 4) is 11.5 Å². The molecule has 2 aromatic rings. The lowest BCUT2D eigenvalue weighted by atomic mass is 9.81. The van der Waals surface area contributed by atoms with E-state index >= 15 is 0 Å². The van der Waals surface area contributed by atoms with Crippen LogP contribution in [-0.2, 0) is 46.4 Å². The average molecular weight is 611 g/mol. The van der Waals surface area contributed by atoms with Crippen LogP contribution in [0, 0.1) is 17.8 Å². The van der Waals surface area contributed by atoms with Gasteiger partial charge in [-0.2, -0.15) is 0 Å². The third-order valence-electron chi connectivity index (χ3n) is 7.08. The smallest absolute Gasteiger partial charge is 0.493 e. The van der Waals surface area contributed by atoms with E-state index in [1.807, 2.05) is 0 Å². The highest BCUT2D eigenvalue weighted by Gasteiger charge is 2.46. The zero-order chi connectivity index (χ0) is 32.6. The van der Waals surface area contributed by atoms with Gasteiger partial charge in [0, 0.05) is 25.2 Å². The highest BCUT2D eigenvalue weighted by Crippen LogP contribution is 2.31. The number of benzene rings is 1. The van der Waals surface area contributed by atoms with Crippen molar-refractivity contribution in [1.82, 2.24) is 10.3 Å². The van der Waals surface area contributed by atoms with Gasteiger partial charge in [0.2, 0.25) is 23.1 Å². The van der Waals surface area contributed by atoms with Crippen molar-refractivity contribution < 1.29 is 47.7 Å². The lowest BCUT2D eigenvalue weighted by Crippen LogP contribution is -2.46. The van der Waals surface area contributed by atoms with Crippen LogP contribution >= 0.6 is 0 Å². The second-order valence-electron chi connectivity index (χ2n) is 11.1. The maximum atomic E-state index is 13.7. The summed E-state index contributed by atoms with van der Waals surface area (Å²) in [5, 5.41) is 2.83. The van der Waals surface area contributed by atoms with Gasteiger partial charge in [0.15, 0.2) is 11.5 Å². The van der Waals surface area contributed by atoms with Crippen LogP contribution in [0.25, 0.3) is 0 Å². The third kappa shape index (κ3) is 8.56. The maximum Gasteiger partial charge on any atom is 0.514 e. The van der Waals surface area contributed by atoms with Crippen LogP contribution < -0.4 is 14.8 Å². The van der Waals surface area contributed by atoms with Gasteiger partial charge in [-0.25, -0.2) is 4.79 Å². The first kappa shape index (κ1) is 34.0. The lowest BCUT2D eigenvalue weighted by Gasteiger charge is -2.29. The molecule has 3 rings (SSSR count). The summed E-state index contributed by atoms with van der Waals surface area (Å²) in [6.45, 7) is 7.64. The van der Waals surface area contributed by atoms with Crippen LogP contribution in [0.4, 0.5) is 4.79 Å². The normalized spacial score (nSPS) is 21.0. The molecule has 1 aromatic heterocycles. The van der Waals surface area contributed by atoms with Crippen molar-refractivity contribution in [2.24, 2.45) is 17.8 Å². The fourth-order valence-corrected chi connectivity index (χ4v) is 4.71. The van der Waals surface area contributed by atoms with Crippen molar-refractivity contribution >= 4 is 35.3 Å². The minimum absolute atomic E-state index is 0.0201. The molecule has 0 aliphatic heterocycles. The quantitative estimate of drug-likeness (QED) is 0.309. The van der Waals surface area contributed by atoms with Crippen LogP contribution in [0.5, 0.6) is 11.5 Å². The van der Waals surface area contributed by atoms with Gasteiger partial charge in [-0.1, -0.05) is 51.1 Å². The number of Topliss-reactive ketones (excluding diaryl/α,β-unsaturated/α-hetero) is 4. The number of methoxy groups -OCH3 is 1. The number of ketones is 4. The molecule has 1 heterocycles.